The van der Waals surface area contributed by atoms with Crippen LogP contribution in [-0.4, -0.2) is 23.4 Å². The lowest BCUT2D eigenvalue weighted by atomic mass is 10.1. The largest absolute Gasteiger partial charge is 0.336 e. The highest BCUT2D eigenvalue weighted by atomic mass is 79.9. The minimum Gasteiger partial charge on any atom is -0.336 e. The number of nitrogens with zero attached hydrogens (tertiary/aromatic N) is 1. The molecule has 88 valence electrons. The molecule has 0 aliphatic rings. The monoisotopic (exact) mass is 283 g/mol. The quantitative estimate of drug-likeness (QED) is 0.825. The van der Waals surface area contributed by atoms with Crippen LogP contribution in [-0.2, 0) is 0 Å². The van der Waals surface area contributed by atoms with Gasteiger partial charge < -0.3 is 4.90 Å². The molecule has 0 radical (unpaired) electrons. The van der Waals surface area contributed by atoms with Gasteiger partial charge in [0, 0.05) is 22.6 Å². The van der Waals surface area contributed by atoms with Crippen molar-refractivity contribution in [3.8, 4) is 0 Å². The molecule has 0 fully saturated rings. The Bertz CT molecular complexity index is 345. The van der Waals surface area contributed by atoms with Crippen LogP contribution < -0.4 is 0 Å². The number of benzene rings is 1. The zero-order valence-corrected chi connectivity index (χ0v) is 11.6. The van der Waals surface area contributed by atoms with Gasteiger partial charge in [0.15, 0.2) is 0 Å². The Morgan fingerprint density at radius 3 is 2.31 bits per heavy atom. The normalized spacial score (nSPS) is 10.6. The van der Waals surface area contributed by atoms with Crippen LogP contribution in [0.25, 0.3) is 0 Å². The Morgan fingerprint density at radius 1 is 1.31 bits per heavy atom. The molecule has 1 rings (SSSR count). The molecule has 0 spiro atoms. The van der Waals surface area contributed by atoms with Gasteiger partial charge in [-0.3, -0.25) is 4.79 Å². The Balaban J connectivity index is 2.86. The summed E-state index contributed by atoms with van der Waals surface area (Å²) in [4.78, 5) is 14.1. The highest BCUT2D eigenvalue weighted by Crippen LogP contribution is 2.13. The minimum atomic E-state index is 0.115. The molecule has 3 heteroatoms. The van der Waals surface area contributed by atoms with Crippen LogP contribution in [0.5, 0.6) is 0 Å². The van der Waals surface area contributed by atoms with Crippen molar-refractivity contribution in [1.82, 2.24) is 4.90 Å². The third-order valence-electron chi connectivity index (χ3n) is 2.44. The van der Waals surface area contributed by atoms with Crippen LogP contribution in [0.2, 0.25) is 0 Å². The molecule has 1 aromatic carbocycles. The third-order valence-corrected chi connectivity index (χ3v) is 2.97. The third kappa shape index (κ3) is 3.34. The van der Waals surface area contributed by atoms with Crippen LogP contribution in [0.1, 0.15) is 37.6 Å². The van der Waals surface area contributed by atoms with E-state index in [2.05, 4.69) is 22.9 Å². The molecule has 0 bridgehead atoms. The van der Waals surface area contributed by atoms with Gasteiger partial charge in [0.25, 0.3) is 5.91 Å². The lowest BCUT2D eigenvalue weighted by Gasteiger charge is -2.26. The van der Waals surface area contributed by atoms with E-state index in [9.17, 15) is 4.79 Å². The van der Waals surface area contributed by atoms with E-state index in [1.165, 1.54) is 0 Å². The second kappa shape index (κ2) is 6.04. The molecule has 0 saturated carbocycles. The molecule has 1 aromatic rings. The van der Waals surface area contributed by atoms with Gasteiger partial charge in [-0.1, -0.05) is 22.9 Å². The van der Waals surface area contributed by atoms with Crippen LogP contribution in [0.4, 0.5) is 0 Å². The van der Waals surface area contributed by atoms with Crippen molar-refractivity contribution in [2.75, 3.05) is 6.54 Å². The van der Waals surface area contributed by atoms with Gasteiger partial charge in [-0.05, 0) is 44.5 Å². The molecule has 0 unspecified atom stereocenters. The van der Waals surface area contributed by atoms with Crippen LogP contribution in [0.15, 0.2) is 28.7 Å². The molecule has 0 atom stereocenters. The lowest BCUT2D eigenvalue weighted by molar-refractivity contribution is 0.0706. The van der Waals surface area contributed by atoms with Crippen molar-refractivity contribution in [3.63, 3.8) is 0 Å². The van der Waals surface area contributed by atoms with Crippen molar-refractivity contribution in [3.05, 3.63) is 34.3 Å². The maximum absolute atomic E-state index is 12.2. The van der Waals surface area contributed by atoms with Crippen molar-refractivity contribution in [2.45, 2.75) is 33.2 Å². The first kappa shape index (κ1) is 13.2. The van der Waals surface area contributed by atoms with Gasteiger partial charge in [0.05, 0.1) is 0 Å². The number of hydrogen-bond donors (Lipinski definition) is 0. The van der Waals surface area contributed by atoms with Gasteiger partial charge in [0.2, 0.25) is 0 Å². The maximum atomic E-state index is 12.2. The summed E-state index contributed by atoms with van der Waals surface area (Å²) in [6, 6.07) is 7.76. The summed E-state index contributed by atoms with van der Waals surface area (Å²) in [7, 11) is 0. The molecular formula is C13H18BrNO. The standard InChI is InChI=1S/C13H18BrNO/c1-4-9-15(10(2)3)13(16)11-5-7-12(14)8-6-11/h5-8,10H,4,9H2,1-3H3. The predicted molar refractivity (Wildman–Crippen MR) is 70.6 cm³/mol. The fraction of sp³-hybridized carbons (Fsp3) is 0.462. The molecule has 0 heterocycles. The lowest BCUT2D eigenvalue weighted by Crippen LogP contribution is -2.37. The van der Waals surface area contributed by atoms with Gasteiger partial charge in [-0.2, -0.15) is 0 Å². The molecule has 1 amide bonds. The molecule has 0 aromatic heterocycles. The van der Waals surface area contributed by atoms with Gasteiger partial charge >= 0.3 is 0 Å². The van der Waals surface area contributed by atoms with E-state index in [4.69, 9.17) is 0 Å². The first-order chi connectivity index (χ1) is 7.56. The van der Waals surface area contributed by atoms with E-state index < -0.39 is 0 Å². The first-order valence-corrected chi connectivity index (χ1v) is 6.42. The van der Waals surface area contributed by atoms with Crippen molar-refractivity contribution >= 4 is 21.8 Å². The van der Waals surface area contributed by atoms with E-state index in [-0.39, 0.29) is 11.9 Å². The molecular weight excluding hydrogens is 266 g/mol. The molecule has 0 aliphatic carbocycles. The van der Waals surface area contributed by atoms with E-state index >= 15 is 0 Å². The highest BCUT2D eigenvalue weighted by Gasteiger charge is 2.17. The summed E-state index contributed by atoms with van der Waals surface area (Å²) >= 11 is 3.37. The maximum Gasteiger partial charge on any atom is 0.254 e. The summed E-state index contributed by atoms with van der Waals surface area (Å²) in [6.45, 7) is 7.00. The Kier molecular flexibility index (Phi) is 5.00. The van der Waals surface area contributed by atoms with Gasteiger partial charge in [-0.15, -0.1) is 0 Å². The van der Waals surface area contributed by atoms with Gasteiger partial charge in [-0.25, -0.2) is 0 Å². The second-order valence-electron chi connectivity index (χ2n) is 4.10. The fourth-order valence-electron chi connectivity index (χ4n) is 1.59. The number of amides is 1. The fourth-order valence-corrected chi connectivity index (χ4v) is 1.86. The number of hydrogen-bond acceptors (Lipinski definition) is 1. The van der Waals surface area contributed by atoms with Crippen LogP contribution in [0.3, 0.4) is 0 Å². The molecule has 0 saturated heterocycles. The van der Waals surface area contributed by atoms with Crippen molar-refractivity contribution in [1.29, 1.82) is 0 Å². The highest BCUT2D eigenvalue weighted by molar-refractivity contribution is 9.10. The Labute approximate surface area is 106 Å². The van der Waals surface area contributed by atoms with E-state index in [0.717, 1.165) is 23.0 Å². The average molecular weight is 284 g/mol. The topological polar surface area (TPSA) is 20.3 Å². The Morgan fingerprint density at radius 2 is 1.88 bits per heavy atom. The number of halogens is 1. The average Bonchev–Trinajstić information content (AvgIpc) is 2.25. The number of rotatable bonds is 4. The summed E-state index contributed by atoms with van der Waals surface area (Å²) in [5.74, 6) is 0.115. The predicted octanol–water partition coefficient (Wildman–Crippen LogP) is 3.71. The second-order valence-corrected chi connectivity index (χ2v) is 5.01. The molecule has 0 N–H and O–H groups in total. The van der Waals surface area contributed by atoms with Gasteiger partial charge in [0.1, 0.15) is 0 Å². The van der Waals surface area contributed by atoms with E-state index in [1.807, 2.05) is 43.0 Å². The van der Waals surface area contributed by atoms with Crippen LogP contribution >= 0.6 is 15.9 Å². The SMILES string of the molecule is CCCN(C(=O)c1ccc(Br)cc1)C(C)C. The summed E-state index contributed by atoms with van der Waals surface area (Å²) in [6.07, 6.45) is 0.987. The summed E-state index contributed by atoms with van der Waals surface area (Å²) in [5.41, 5.74) is 0.755. The number of carbonyl (C=O) groups is 1. The Hall–Kier alpha value is -0.830. The summed E-state index contributed by atoms with van der Waals surface area (Å²) < 4.78 is 0.996. The zero-order valence-electron chi connectivity index (χ0n) is 10.0. The molecule has 2 nitrogen and oxygen atoms in total. The van der Waals surface area contributed by atoms with E-state index in [1.54, 1.807) is 0 Å². The number of carbonyl (C=O) groups excluding carboxylic acids is 1. The molecule has 0 aliphatic heterocycles. The minimum absolute atomic E-state index is 0.115. The van der Waals surface area contributed by atoms with Crippen molar-refractivity contribution in [2.24, 2.45) is 0 Å². The zero-order chi connectivity index (χ0) is 12.1. The first-order valence-electron chi connectivity index (χ1n) is 5.62. The van der Waals surface area contributed by atoms with Crippen LogP contribution in [0, 0.1) is 0 Å². The van der Waals surface area contributed by atoms with E-state index in [0.29, 0.717) is 0 Å². The van der Waals surface area contributed by atoms with Crippen molar-refractivity contribution < 1.29 is 4.79 Å². The molecule has 16 heavy (non-hydrogen) atoms. The summed E-state index contributed by atoms with van der Waals surface area (Å²) in [5, 5.41) is 0. The smallest absolute Gasteiger partial charge is 0.254 e.